The fourth-order valence-corrected chi connectivity index (χ4v) is 11.2. The molecule has 1 aliphatic rings. The molecule has 1 heteroatoms. The molecule has 1 saturated heterocycles. The first kappa shape index (κ1) is 7.98. The van der Waals surface area contributed by atoms with Crippen LogP contribution < -0.4 is 0 Å². The van der Waals surface area contributed by atoms with Gasteiger partial charge in [0.15, 0.2) is 0 Å². The van der Waals surface area contributed by atoms with Crippen molar-refractivity contribution in [1.82, 2.24) is 0 Å². The second kappa shape index (κ2) is 3.91. The minimum atomic E-state index is -0.785. The molecule has 0 nitrogen and oxygen atoms in total. The Morgan fingerprint density at radius 1 is 1.00 bits per heavy atom. The minimum absolute atomic E-state index is 0.785. The Morgan fingerprint density at radius 3 is 1.89 bits per heavy atom. The van der Waals surface area contributed by atoms with E-state index < -0.39 is 21.8 Å². The van der Waals surface area contributed by atoms with Crippen LogP contribution in [0.15, 0.2) is 0 Å². The monoisotopic (exact) mass is 322 g/mol. The molecule has 0 aliphatic carbocycles. The van der Waals surface area contributed by atoms with E-state index in [-0.39, 0.29) is 0 Å². The molecule has 1 heterocycles. The van der Waals surface area contributed by atoms with Crippen LogP contribution in [-0.4, -0.2) is 21.8 Å². The van der Waals surface area contributed by atoms with Crippen LogP contribution in [-0.2, 0) is 0 Å². The van der Waals surface area contributed by atoms with E-state index in [1.54, 1.807) is 27.5 Å². The molecule has 0 radical (unpaired) electrons. The van der Waals surface area contributed by atoms with Gasteiger partial charge in [-0.15, -0.1) is 0 Å². The van der Waals surface area contributed by atoms with Gasteiger partial charge in [0.2, 0.25) is 0 Å². The van der Waals surface area contributed by atoms with Crippen LogP contribution in [0, 0.1) is 0 Å². The molecule has 0 aromatic rings. The topological polar surface area (TPSA) is 0 Å². The van der Waals surface area contributed by atoms with Crippen LogP contribution >= 0.6 is 0 Å². The Kier molecular flexibility index (Phi) is 3.47. The Morgan fingerprint density at radius 2 is 1.56 bits per heavy atom. The number of hydrogen-bond donors (Lipinski definition) is 0. The summed E-state index contributed by atoms with van der Waals surface area (Å²) in [6.45, 7) is 4.90. The zero-order valence-electron chi connectivity index (χ0n) is 6.56. The molecule has 0 atom stereocenters. The summed E-state index contributed by atoms with van der Waals surface area (Å²) < 4.78 is 4.54. The van der Waals surface area contributed by atoms with Crippen LogP contribution in [0.1, 0.15) is 33.1 Å². The summed E-state index contributed by atoms with van der Waals surface area (Å²) in [6.07, 6.45) is 4.70. The zero-order chi connectivity index (χ0) is 6.69. The van der Waals surface area contributed by atoms with Gasteiger partial charge in [-0.3, -0.25) is 0 Å². The molecule has 0 bridgehead atoms. The van der Waals surface area contributed by atoms with Gasteiger partial charge in [0.05, 0.1) is 0 Å². The molecular weight excluding hydrogens is 305 g/mol. The van der Waals surface area contributed by atoms with Crippen LogP contribution in [0.5, 0.6) is 0 Å². The van der Waals surface area contributed by atoms with Crippen molar-refractivity contribution in [3.8, 4) is 0 Å². The fourth-order valence-electron chi connectivity index (χ4n) is 1.43. The standard InChI is InChI=1S/C5H10.C3H7.Bi/c1-3-5-4-2;1-3-2;/h1-5H2;3H,1-2H3;. The average molecular weight is 322 g/mol. The van der Waals surface area contributed by atoms with Gasteiger partial charge >= 0.3 is 66.7 Å². The molecule has 54 valence electrons. The SMILES string of the molecule is C[CH](C)[Bi]1[CH2]CCC[CH2]1. The van der Waals surface area contributed by atoms with E-state index in [0.717, 1.165) is 3.63 Å². The third-order valence-electron chi connectivity index (χ3n) is 2.12. The molecule has 0 amide bonds. The maximum atomic E-state index is 2.45. The molecular formula is C8H17Bi. The Bertz CT molecular complexity index is 72.6. The molecule has 1 rings (SSSR count). The molecule has 1 aliphatic heterocycles. The second-order valence-electron chi connectivity index (χ2n) is 3.19. The van der Waals surface area contributed by atoms with Crippen molar-refractivity contribution in [3.05, 3.63) is 0 Å². The van der Waals surface area contributed by atoms with Crippen LogP contribution in [0.2, 0.25) is 11.9 Å². The number of hydrogen-bond acceptors (Lipinski definition) is 0. The van der Waals surface area contributed by atoms with E-state index in [0.29, 0.717) is 0 Å². The Balaban J connectivity index is 2.23. The summed E-state index contributed by atoms with van der Waals surface area (Å²) >= 11 is -0.785. The molecule has 0 unspecified atom stereocenters. The number of rotatable bonds is 1. The van der Waals surface area contributed by atoms with Crippen molar-refractivity contribution in [2.75, 3.05) is 0 Å². The van der Waals surface area contributed by atoms with E-state index in [9.17, 15) is 0 Å². The van der Waals surface area contributed by atoms with Crippen molar-refractivity contribution >= 4 is 21.8 Å². The van der Waals surface area contributed by atoms with Crippen molar-refractivity contribution in [2.45, 2.75) is 45.0 Å². The Labute approximate surface area is 66.7 Å². The molecule has 9 heavy (non-hydrogen) atoms. The summed E-state index contributed by atoms with van der Waals surface area (Å²) in [5.41, 5.74) is 0. The molecule has 0 aromatic heterocycles. The van der Waals surface area contributed by atoms with Crippen LogP contribution in [0.4, 0.5) is 0 Å². The summed E-state index contributed by atoms with van der Waals surface area (Å²) in [5.74, 6) is 0. The zero-order valence-corrected chi connectivity index (χ0v) is 10.0. The molecule has 0 spiro atoms. The molecule has 0 aromatic carbocycles. The van der Waals surface area contributed by atoms with Gasteiger partial charge < -0.3 is 0 Å². The Hall–Kier alpha value is 0.883. The van der Waals surface area contributed by atoms with Gasteiger partial charge in [0.1, 0.15) is 0 Å². The normalized spacial score (nSPS) is 23.0. The summed E-state index contributed by atoms with van der Waals surface area (Å²) in [5, 5.41) is 0. The van der Waals surface area contributed by atoms with E-state index in [1.807, 2.05) is 0 Å². The first-order chi connectivity index (χ1) is 4.30. The van der Waals surface area contributed by atoms with E-state index in [4.69, 9.17) is 0 Å². The first-order valence-electron chi connectivity index (χ1n) is 4.05. The van der Waals surface area contributed by atoms with Crippen LogP contribution in [0.25, 0.3) is 0 Å². The fraction of sp³-hybridized carbons (Fsp3) is 1.00. The van der Waals surface area contributed by atoms with Crippen molar-refractivity contribution in [3.63, 3.8) is 0 Å². The second-order valence-corrected chi connectivity index (χ2v) is 15.3. The summed E-state index contributed by atoms with van der Waals surface area (Å²) in [7, 11) is 0. The predicted octanol–water partition coefficient (Wildman–Crippen LogP) is 3.08. The van der Waals surface area contributed by atoms with Gasteiger partial charge in [0.25, 0.3) is 0 Å². The summed E-state index contributed by atoms with van der Waals surface area (Å²) in [4.78, 5) is 0. The van der Waals surface area contributed by atoms with Gasteiger partial charge in [-0.25, -0.2) is 0 Å². The van der Waals surface area contributed by atoms with E-state index >= 15 is 0 Å². The van der Waals surface area contributed by atoms with E-state index in [2.05, 4.69) is 13.8 Å². The maximum absolute atomic E-state index is 2.45. The van der Waals surface area contributed by atoms with Crippen molar-refractivity contribution in [2.24, 2.45) is 0 Å². The quantitative estimate of drug-likeness (QED) is 0.651. The van der Waals surface area contributed by atoms with Crippen LogP contribution in [0.3, 0.4) is 0 Å². The third-order valence-corrected chi connectivity index (χ3v) is 14.7. The summed E-state index contributed by atoms with van der Waals surface area (Å²) in [6, 6.07) is 0. The van der Waals surface area contributed by atoms with Gasteiger partial charge in [-0.2, -0.15) is 0 Å². The predicted molar refractivity (Wildman–Crippen MR) is 44.3 cm³/mol. The molecule has 0 saturated carbocycles. The van der Waals surface area contributed by atoms with E-state index in [1.165, 1.54) is 0 Å². The third kappa shape index (κ3) is 2.54. The van der Waals surface area contributed by atoms with Gasteiger partial charge in [-0.05, 0) is 0 Å². The van der Waals surface area contributed by atoms with Gasteiger partial charge in [0, 0.05) is 0 Å². The molecule has 0 N–H and O–H groups in total. The average Bonchev–Trinajstić information content (AvgIpc) is 1.90. The van der Waals surface area contributed by atoms with Gasteiger partial charge in [-0.1, -0.05) is 0 Å². The van der Waals surface area contributed by atoms with Crippen molar-refractivity contribution in [1.29, 1.82) is 0 Å². The van der Waals surface area contributed by atoms with Crippen molar-refractivity contribution < 1.29 is 0 Å². The first-order valence-corrected chi connectivity index (χ1v) is 11.0. The molecule has 1 fully saturated rings.